The lowest BCUT2D eigenvalue weighted by molar-refractivity contribution is 0.0581. The number of hydrogen-bond donors (Lipinski definition) is 0. The number of piperazine rings is 1. The second-order valence-electron chi connectivity index (χ2n) is 8.67. The van der Waals surface area contributed by atoms with Crippen LogP contribution >= 0.6 is 0 Å². The van der Waals surface area contributed by atoms with Crippen LogP contribution in [0.5, 0.6) is 17.2 Å². The number of carbonyl (C=O) groups is 1. The zero-order chi connectivity index (χ0) is 23.8. The first-order chi connectivity index (χ1) is 16.4. The molecule has 2 aliphatic heterocycles. The third kappa shape index (κ3) is 4.09. The Hall–Kier alpha value is -3.87. The molecule has 0 radical (unpaired) electrons. The second kappa shape index (κ2) is 8.82. The monoisotopic (exact) mass is 459 g/mol. The standard InChI is InChI=1S/C27H26FN3O3/c1-17-4-10-23-25(14-17)34-24-11-9-21(33-3)15-22(24)26(29-23)30-12-13-31(18(2)16-30)27(32)19-5-7-20(28)8-6-19/h4-11,14-15,18H,12-13,16H2,1-3H3. The minimum absolute atomic E-state index is 0.0651. The van der Waals surface area contributed by atoms with Crippen LogP contribution in [-0.4, -0.2) is 54.3 Å². The number of methoxy groups -OCH3 is 1. The SMILES string of the molecule is COc1ccc2c(c1)C(N1CCN(C(=O)c3ccc(F)cc3)C(C)C1)=Nc1ccc(C)cc1O2. The highest BCUT2D eigenvalue weighted by Crippen LogP contribution is 2.40. The molecule has 0 aromatic heterocycles. The molecular weight excluding hydrogens is 433 g/mol. The third-order valence-corrected chi connectivity index (χ3v) is 6.27. The molecule has 1 unspecified atom stereocenters. The van der Waals surface area contributed by atoms with Gasteiger partial charge >= 0.3 is 0 Å². The van der Waals surface area contributed by atoms with Crippen molar-refractivity contribution in [3.63, 3.8) is 0 Å². The largest absolute Gasteiger partial charge is 0.497 e. The van der Waals surface area contributed by atoms with Crippen molar-refractivity contribution < 1.29 is 18.7 Å². The average Bonchev–Trinajstić information content (AvgIpc) is 2.99. The van der Waals surface area contributed by atoms with Gasteiger partial charge in [0.15, 0.2) is 5.75 Å². The van der Waals surface area contributed by atoms with Gasteiger partial charge in [-0.05, 0) is 74.0 Å². The lowest BCUT2D eigenvalue weighted by Crippen LogP contribution is -2.55. The fourth-order valence-corrected chi connectivity index (χ4v) is 4.44. The fourth-order valence-electron chi connectivity index (χ4n) is 4.44. The number of amides is 1. The van der Waals surface area contributed by atoms with Gasteiger partial charge in [0.25, 0.3) is 5.91 Å². The Labute approximate surface area is 198 Å². The van der Waals surface area contributed by atoms with Gasteiger partial charge in [-0.2, -0.15) is 0 Å². The summed E-state index contributed by atoms with van der Waals surface area (Å²) >= 11 is 0. The molecule has 0 aliphatic carbocycles. The van der Waals surface area contributed by atoms with E-state index in [4.69, 9.17) is 14.5 Å². The van der Waals surface area contributed by atoms with Crippen molar-refractivity contribution in [1.29, 1.82) is 0 Å². The molecule has 3 aromatic carbocycles. The van der Waals surface area contributed by atoms with E-state index in [-0.39, 0.29) is 17.8 Å². The highest BCUT2D eigenvalue weighted by molar-refractivity contribution is 6.04. The minimum Gasteiger partial charge on any atom is -0.497 e. The van der Waals surface area contributed by atoms with E-state index in [1.807, 2.05) is 55.1 Å². The van der Waals surface area contributed by atoms with E-state index in [0.29, 0.717) is 36.7 Å². The molecule has 2 heterocycles. The number of amidine groups is 1. The number of rotatable bonds is 2. The highest BCUT2D eigenvalue weighted by atomic mass is 19.1. The Morgan fingerprint density at radius 1 is 1.06 bits per heavy atom. The summed E-state index contributed by atoms with van der Waals surface area (Å²) < 4.78 is 25.0. The summed E-state index contributed by atoms with van der Waals surface area (Å²) in [6.07, 6.45) is 0. The number of aliphatic imine (C=N–C) groups is 1. The molecule has 174 valence electrons. The van der Waals surface area contributed by atoms with Gasteiger partial charge in [-0.25, -0.2) is 9.38 Å². The van der Waals surface area contributed by atoms with E-state index in [9.17, 15) is 9.18 Å². The number of carbonyl (C=O) groups excluding carboxylic acids is 1. The molecule has 7 heteroatoms. The maximum atomic E-state index is 13.3. The number of ether oxygens (including phenoxy) is 2. The van der Waals surface area contributed by atoms with Gasteiger partial charge in [-0.3, -0.25) is 4.79 Å². The maximum Gasteiger partial charge on any atom is 0.254 e. The molecular formula is C27H26FN3O3. The second-order valence-corrected chi connectivity index (χ2v) is 8.67. The first-order valence-electron chi connectivity index (χ1n) is 11.3. The lowest BCUT2D eigenvalue weighted by Gasteiger charge is -2.41. The number of halogens is 1. The van der Waals surface area contributed by atoms with E-state index in [0.717, 1.165) is 28.4 Å². The van der Waals surface area contributed by atoms with E-state index < -0.39 is 0 Å². The molecule has 3 aromatic rings. The van der Waals surface area contributed by atoms with Crippen molar-refractivity contribution in [3.05, 3.63) is 83.2 Å². The summed E-state index contributed by atoms with van der Waals surface area (Å²) in [5.41, 5.74) is 3.18. The number of hydrogen-bond acceptors (Lipinski definition) is 5. The molecule has 1 amide bonds. The van der Waals surface area contributed by atoms with E-state index in [2.05, 4.69) is 4.90 Å². The van der Waals surface area contributed by atoms with Crippen molar-refractivity contribution in [2.75, 3.05) is 26.7 Å². The van der Waals surface area contributed by atoms with Crippen molar-refractivity contribution in [2.24, 2.45) is 4.99 Å². The van der Waals surface area contributed by atoms with Crippen molar-refractivity contribution >= 4 is 17.4 Å². The molecule has 5 rings (SSSR count). The quantitative estimate of drug-likeness (QED) is 0.530. The predicted octanol–water partition coefficient (Wildman–Crippen LogP) is 5.17. The highest BCUT2D eigenvalue weighted by Gasteiger charge is 2.32. The summed E-state index contributed by atoms with van der Waals surface area (Å²) in [5.74, 6) is 2.47. The summed E-state index contributed by atoms with van der Waals surface area (Å²) in [4.78, 5) is 22.1. The molecule has 0 bridgehead atoms. The zero-order valence-corrected chi connectivity index (χ0v) is 19.4. The van der Waals surface area contributed by atoms with Crippen LogP contribution in [0.3, 0.4) is 0 Å². The van der Waals surface area contributed by atoms with Gasteiger partial charge < -0.3 is 19.3 Å². The Morgan fingerprint density at radius 3 is 2.59 bits per heavy atom. The molecule has 1 atom stereocenters. The number of fused-ring (bicyclic) bond motifs is 2. The van der Waals surface area contributed by atoms with Gasteiger partial charge in [0, 0.05) is 31.2 Å². The van der Waals surface area contributed by atoms with Crippen LogP contribution in [0.2, 0.25) is 0 Å². The first-order valence-corrected chi connectivity index (χ1v) is 11.3. The molecule has 1 fully saturated rings. The van der Waals surface area contributed by atoms with Crippen molar-refractivity contribution in [3.8, 4) is 17.2 Å². The number of aryl methyl sites for hydroxylation is 1. The van der Waals surface area contributed by atoms with E-state index in [1.54, 1.807) is 7.11 Å². The molecule has 6 nitrogen and oxygen atoms in total. The smallest absolute Gasteiger partial charge is 0.254 e. The summed E-state index contributed by atoms with van der Waals surface area (Å²) in [7, 11) is 1.64. The van der Waals surface area contributed by atoms with Gasteiger partial charge in [0.05, 0.1) is 12.7 Å². The Bertz CT molecular complexity index is 1270. The van der Waals surface area contributed by atoms with Crippen LogP contribution in [0, 0.1) is 12.7 Å². The Kier molecular flexibility index (Phi) is 5.69. The molecule has 1 saturated heterocycles. The van der Waals surface area contributed by atoms with Gasteiger partial charge in [-0.1, -0.05) is 6.07 Å². The maximum absolute atomic E-state index is 13.3. The molecule has 0 saturated carbocycles. The molecule has 0 spiro atoms. The number of benzene rings is 3. The van der Waals surface area contributed by atoms with Gasteiger partial charge in [-0.15, -0.1) is 0 Å². The van der Waals surface area contributed by atoms with Crippen LogP contribution in [-0.2, 0) is 0 Å². The zero-order valence-electron chi connectivity index (χ0n) is 19.4. The summed E-state index contributed by atoms with van der Waals surface area (Å²) in [6.45, 7) is 5.77. The summed E-state index contributed by atoms with van der Waals surface area (Å²) in [5, 5.41) is 0. The van der Waals surface area contributed by atoms with Crippen molar-refractivity contribution in [1.82, 2.24) is 9.80 Å². The average molecular weight is 460 g/mol. The fraction of sp³-hybridized carbons (Fsp3) is 0.259. The van der Waals surface area contributed by atoms with Crippen LogP contribution in [0.1, 0.15) is 28.4 Å². The van der Waals surface area contributed by atoms with Gasteiger partial charge in [0.2, 0.25) is 0 Å². The third-order valence-electron chi connectivity index (χ3n) is 6.27. The van der Waals surface area contributed by atoms with Crippen molar-refractivity contribution in [2.45, 2.75) is 19.9 Å². The molecule has 34 heavy (non-hydrogen) atoms. The van der Waals surface area contributed by atoms with E-state index in [1.165, 1.54) is 24.3 Å². The summed E-state index contributed by atoms with van der Waals surface area (Å²) in [6, 6.07) is 17.3. The first kappa shape index (κ1) is 21.9. The van der Waals surface area contributed by atoms with E-state index >= 15 is 0 Å². The van der Waals surface area contributed by atoms with Crippen LogP contribution in [0.25, 0.3) is 0 Å². The predicted molar refractivity (Wildman–Crippen MR) is 129 cm³/mol. The topological polar surface area (TPSA) is 54.4 Å². The molecule has 2 aliphatic rings. The van der Waals surface area contributed by atoms with Gasteiger partial charge in [0.1, 0.15) is 28.8 Å². The molecule has 0 N–H and O–H groups in total. The Balaban J connectivity index is 1.47. The van der Waals surface area contributed by atoms with Crippen LogP contribution in [0.15, 0.2) is 65.7 Å². The lowest BCUT2D eigenvalue weighted by atomic mass is 10.1. The van der Waals surface area contributed by atoms with Crippen LogP contribution in [0.4, 0.5) is 10.1 Å². The normalized spacial score (nSPS) is 17.2. The minimum atomic E-state index is -0.354. The Morgan fingerprint density at radius 2 is 1.85 bits per heavy atom. The number of nitrogens with zero attached hydrogens (tertiary/aromatic N) is 3. The van der Waals surface area contributed by atoms with Crippen LogP contribution < -0.4 is 9.47 Å².